The van der Waals surface area contributed by atoms with Gasteiger partial charge in [-0.25, -0.2) is 0 Å². The second-order valence-electron chi connectivity index (χ2n) is 7.43. The Bertz CT molecular complexity index is 482. The van der Waals surface area contributed by atoms with E-state index in [1.54, 1.807) is 0 Å². The third-order valence-electron chi connectivity index (χ3n) is 5.35. The Kier molecular flexibility index (Phi) is 6.03. The Morgan fingerprint density at radius 3 is 2.70 bits per heavy atom. The van der Waals surface area contributed by atoms with Gasteiger partial charge in [-0.1, -0.05) is 6.07 Å². The van der Waals surface area contributed by atoms with Crippen molar-refractivity contribution in [2.75, 3.05) is 59.4 Å². The summed E-state index contributed by atoms with van der Waals surface area (Å²) in [7, 11) is 2.24. The summed E-state index contributed by atoms with van der Waals surface area (Å²) < 4.78 is 0. The molecule has 2 fully saturated rings. The van der Waals surface area contributed by atoms with Crippen LogP contribution < -0.4 is 0 Å². The molecule has 4 nitrogen and oxygen atoms in total. The number of piperazine rings is 1. The predicted octanol–water partition coefficient (Wildman–Crippen LogP) is 1.89. The largest absolute Gasteiger partial charge is 0.304 e. The van der Waals surface area contributed by atoms with Gasteiger partial charge in [-0.2, -0.15) is 0 Å². The Hall–Kier alpha value is -0.970. The van der Waals surface area contributed by atoms with Crippen molar-refractivity contribution in [3.8, 4) is 0 Å². The zero-order valence-electron chi connectivity index (χ0n) is 14.9. The SMILES string of the molecule is Cc1cccc(CCN2CCCC(CN3CCN(C)CC3)C2)n1. The number of aryl methyl sites for hydroxylation is 1. The Balaban J connectivity index is 1.43. The number of nitrogens with zero attached hydrogens (tertiary/aromatic N) is 4. The van der Waals surface area contributed by atoms with Gasteiger partial charge < -0.3 is 14.7 Å². The molecular formula is C19H32N4. The molecule has 0 amide bonds. The lowest BCUT2D eigenvalue weighted by Crippen LogP contribution is -2.48. The standard InChI is InChI=1S/C19H32N4/c1-17-5-3-7-19(20-17)8-10-22-9-4-6-18(15-22)16-23-13-11-21(2)12-14-23/h3,5,7,18H,4,6,8-16H2,1-2H3. The van der Waals surface area contributed by atoms with Crippen molar-refractivity contribution in [3.63, 3.8) is 0 Å². The number of hydrogen-bond donors (Lipinski definition) is 0. The molecule has 1 unspecified atom stereocenters. The topological polar surface area (TPSA) is 22.6 Å². The molecule has 1 aromatic heterocycles. The van der Waals surface area contributed by atoms with Crippen LogP contribution in [0.3, 0.4) is 0 Å². The molecule has 1 aromatic rings. The molecule has 2 saturated heterocycles. The van der Waals surface area contributed by atoms with Gasteiger partial charge in [0, 0.05) is 63.6 Å². The summed E-state index contributed by atoms with van der Waals surface area (Å²) in [4.78, 5) is 12.4. The lowest BCUT2D eigenvalue weighted by molar-refractivity contribution is 0.0996. The molecule has 0 saturated carbocycles. The van der Waals surface area contributed by atoms with Gasteiger partial charge in [-0.3, -0.25) is 4.98 Å². The van der Waals surface area contributed by atoms with E-state index in [1.165, 1.54) is 64.3 Å². The van der Waals surface area contributed by atoms with E-state index in [-0.39, 0.29) is 0 Å². The average Bonchev–Trinajstić information content (AvgIpc) is 2.56. The van der Waals surface area contributed by atoms with Crippen molar-refractivity contribution >= 4 is 0 Å². The highest BCUT2D eigenvalue weighted by Gasteiger charge is 2.23. The highest BCUT2D eigenvalue weighted by Crippen LogP contribution is 2.18. The molecule has 2 aliphatic rings. The van der Waals surface area contributed by atoms with Gasteiger partial charge in [0.15, 0.2) is 0 Å². The first-order chi connectivity index (χ1) is 11.2. The molecule has 0 aromatic carbocycles. The zero-order valence-corrected chi connectivity index (χ0v) is 14.9. The molecule has 1 atom stereocenters. The van der Waals surface area contributed by atoms with Crippen molar-refractivity contribution < 1.29 is 0 Å². The monoisotopic (exact) mass is 316 g/mol. The Labute approximate surface area is 141 Å². The molecule has 128 valence electrons. The van der Waals surface area contributed by atoms with Crippen molar-refractivity contribution in [2.24, 2.45) is 5.92 Å². The van der Waals surface area contributed by atoms with Crippen molar-refractivity contribution in [1.29, 1.82) is 0 Å². The number of likely N-dealkylation sites (tertiary alicyclic amines) is 1. The van der Waals surface area contributed by atoms with Crippen molar-refractivity contribution in [3.05, 3.63) is 29.6 Å². The molecule has 2 aliphatic heterocycles. The molecular weight excluding hydrogens is 284 g/mol. The van der Waals surface area contributed by atoms with E-state index in [9.17, 15) is 0 Å². The summed E-state index contributed by atoms with van der Waals surface area (Å²) in [5.41, 5.74) is 2.38. The summed E-state index contributed by atoms with van der Waals surface area (Å²) in [5, 5.41) is 0. The average molecular weight is 316 g/mol. The van der Waals surface area contributed by atoms with Gasteiger partial charge in [0.2, 0.25) is 0 Å². The fourth-order valence-corrected chi connectivity index (χ4v) is 3.91. The van der Waals surface area contributed by atoms with E-state index in [2.05, 4.69) is 51.9 Å². The van der Waals surface area contributed by atoms with Crippen LogP contribution in [0.2, 0.25) is 0 Å². The molecule has 0 N–H and O–H groups in total. The van der Waals surface area contributed by atoms with Crippen LogP contribution in [-0.2, 0) is 6.42 Å². The van der Waals surface area contributed by atoms with Gasteiger partial charge in [-0.15, -0.1) is 0 Å². The van der Waals surface area contributed by atoms with E-state index < -0.39 is 0 Å². The molecule has 0 aliphatic carbocycles. The predicted molar refractivity (Wildman–Crippen MR) is 95.8 cm³/mol. The van der Waals surface area contributed by atoms with Crippen LogP contribution in [0.1, 0.15) is 24.2 Å². The normalized spacial score (nSPS) is 24.9. The molecule has 23 heavy (non-hydrogen) atoms. The molecule has 0 spiro atoms. The molecule has 3 rings (SSSR count). The smallest absolute Gasteiger partial charge is 0.0419 e. The van der Waals surface area contributed by atoms with Crippen molar-refractivity contribution in [1.82, 2.24) is 19.7 Å². The zero-order chi connectivity index (χ0) is 16.1. The number of rotatable bonds is 5. The van der Waals surface area contributed by atoms with Crippen LogP contribution in [-0.4, -0.2) is 79.1 Å². The fraction of sp³-hybridized carbons (Fsp3) is 0.737. The minimum atomic E-state index is 0.859. The summed E-state index contributed by atoms with van der Waals surface area (Å²) in [5.74, 6) is 0.859. The van der Waals surface area contributed by atoms with E-state index in [0.717, 1.165) is 24.6 Å². The number of hydrogen-bond acceptors (Lipinski definition) is 4. The van der Waals surface area contributed by atoms with Crippen LogP contribution >= 0.6 is 0 Å². The second kappa shape index (κ2) is 8.22. The van der Waals surface area contributed by atoms with Crippen LogP contribution in [0.5, 0.6) is 0 Å². The van der Waals surface area contributed by atoms with E-state index in [4.69, 9.17) is 0 Å². The Morgan fingerprint density at radius 2 is 1.91 bits per heavy atom. The minimum Gasteiger partial charge on any atom is -0.304 e. The van der Waals surface area contributed by atoms with Gasteiger partial charge in [-0.05, 0) is 51.4 Å². The lowest BCUT2D eigenvalue weighted by atomic mass is 9.97. The van der Waals surface area contributed by atoms with Crippen LogP contribution in [0.25, 0.3) is 0 Å². The number of pyridine rings is 1. The molecule has 0 radical (unpaired) electrons. The van der Waals surface area contributed by atoms with Gasteiger partial charge in [0.05, 0.1) is 0 Å². The third-order valence-corrected chi connectivity index (χ3v) is 5.35. The summed E-state index contributed by atoms with van der Waals surface area (Å²) in [6.45, 7) is 12.0. The van der Waals surface area contributed by atoms with Crippen LogP contribution in [0.15, 0.2) is 18.2 Å². The molecule has 3 heterocycles. The second-order valence-corrected chi connectivity index (χ2v) is 7.43. The summed E-state index contributed by atoms with van der Waals surface area (Å²) >= 11 is 0. The van der Waals surface area contributed by atoms with E-state index in [1.807, 2.05) is 0 Å². The summed E-state index contributed by atoms with van der Waals surface area (Å²) in [6.07, 6.45) is 3.86. The van der Waals surface area contributed by atoms with Crippen LogP contribution in [0, 0.1) is 12.8 Å². The molecule has 0 bridgehead atoms. The lowest BCUT2D eigenvalue weighted by Gasteiger charge is -2.38. The first kappa shape index (κ1) is 16.9. The quantitative estimate of drug-likeness (QED) is 0.827. The maximum atomic E-state index is 4.64. The minimum absolute atomic E-state index is 0.859. The van der Waals surface area contributed by atoms with Gasteiger partial charge >= 0.3 is 0 Å². The van der Waals surface area contributed by atoms with Gasteiger partial charge in [0.25, 0.3) is 0 Å². The number of aromatic nitrogens is 1. The maximum Gasteiger partial charge on any atom is 0.0419 e. The Morgan fingerprint density at radius 1 is 1.09 bits per heavy atom. The maximum absolute atomic E-state index is 4.64. The highest BCUT2D eigenvalue weighted by atomic mass is 15.2. The fourth-order valence-electron chi connectivity index (χ4n) is 3.91. The van der Waals surface area contributed by atoms with E-state index in [0.29, 0.717) is 0 Å². The highest BCUT2D eigenvalue weighted by molar-refractivity contribution is 5.10. The van der Waals surface area contributed by atoms with Crippen molar-refractivity contribution in [2.45, 2.75) is 26.2 Å². The first-order valence-electron chi connectivity index (χ1n) is 9.25. The van der Waals surface area contributed by atoms with E-state index >= 15 is 0 Å². The number of piperidine rings is 1. The number of likely N-dealkylation sites (N-methyl/N-ethyl adjacent to an activating group) is 1. The van der Waals surface area contributed by atoms with Gasteiger partial charge in [0.1, 0.15) is 0 Å². The molecule has 4 heteroatoms. The van der Waals surface area contributed by atoms with Crippen LogP contribution in [0.4, 0.5) is 0 Å². The summed E-state index contributed by atoms with van der Waals surface area (Å²) in [6, 6.07) is 6.37. The third kappa shape index (κ3) is 5.27. The first-order valence-corrected chi connectivity index (χ1v) is 9.25.